The number of benzene rings is 1. The maximum atomic E-state index is 10.6. The Balaban J connectivity index is 1.81. The van der Waals surface area contributed by atoms with Gasteiger partial charge < -0.3 is 21.9 Å². The number of anilines is 4. The minimum absolute atomic E-state index is 0.164. The van der Waals surface area contributed by atoms with Gasteiger partial charge in [-0.25, -0.2) is 4.98 Å². The summed E-state index contributed by atoms with van der Waals surface area (Å²) in [6.45, 7) is 0. The van der Waals surface area contributed by atoms with Crippen molar-refractivity contribution in [3.8, 4) is 0 Å². The van der Waals surface area contributed by atoms with E-state index in [1.807, 2.05) is 24.3 Å². The number of hydrogen-bond donors (Lipinski definition) is 4. The van der Waals surface area contributed by atoms with Crippen LogP contribution < -0.4 is 16.8 Å². The van der Waals surface area contributed by atoms with Crippen molar-refractivity contribution in [1.29, 1.82) is 0 Å². The molecule has 0 atom stereocenters. The van der Waals surface area contributed by atoms with Gasteiger partial charge in [-0.05, 0) is 37.5 Å². The Bertz CT molecular complexity index is 905. The third-order valence-electron chi connectivity index (χ3n) is 3.82. The van der Waals surface area contributed by atoms with Gasteiger partial charge >= 0.3 is 5.97 Å². The SMILES string of the molecule is Nc1cccc(Nc2cc(N)n3ncc(CCCCC(=O)O)c3n2)c1. The third-order valence-corrected chi connectivity index (χ3v) is 3.82. The minimum atomic E-state index is -0.782. The summed E-state index contributed by atoms with van der Waals surface area (Å²) in [6, 6.07) is 9.07. The lowest BCUT2D eigenvalue weighted by Crippen LogP contribution is -2.04. The average Bonchev–Trinajstić information content (AvgIpc) is 2.95. The maximum Gasteiger partial charge on any atom is 0.303 e. The van der Waals surface area contributed by atoms with Crippen molar-refractivity contribution in [2.24, 2.45) is 0 Å². The molecule has 25 heavy (non-hydrogen) atoms. The Morgan fingerprint density at radius 1 is 1.24 bits per heavy atom. The van der Waals surface area contributed by atoms with E-state index in [0.29, 0.717) is 35.8 Å². The van der Waals surface area contributed by atoms with Gasteiger partial charge in [-0.3, -0.25) is 4.79 Å². The summed E-state index contributed by atoms with van der Waals surface area (Å²) in [7, 11) is 0. The fraction of sp³-hybridized carbons (Fsp3) is 0.235. The van der Waals surface area contributed by atoms with Crippen LogP contribution in [0.3, 0.4) is 0 Å². The highest BCUT2D eigenvalue weighted by Crippen LogP contribution is 2.22. The van der Waals surface area contributed by atoms with Crippen molar-refractivity contribution in [2.75, 3.05) is 16.8 Å². The number of aryl methyl sites for hydroxylation is 1. The number of unbranched alkanes of at least 4 members (excludes halogenated alkanes) is 1. The molecule has 0 amide bonds. The van der Waals surface area contributed by atoms with Crippen LogP contribution in [0.1, 0.15) is 24.8 Å². The average molecular weight is 340 g/mol. The Morgan fingerprint density at radius 3 is 2.84 bits per heavy atom. The first kappa shape index (κ1) is 16.6. The number of fused-ring (bicyclic) bond motifs is 1. The Morgan fingerprint density at radius 2 is 2.08 bits per heavy atom. The molecule has 3 rings (SSSR count). The highest BCUT2D eigenvalue weighted by molar-refractivity contribution is 5.67. The molecular weight excluding hydrogens is 320 g/mol. The molecule has 8 nitrogen and oxygen atoms in total. The lowest BCUT2D eigenvalue weighted by atomic mass is 10.1. The summed E-state index contributed by atoms with van der Waals surface area (Å²) in [5, 5.41) is 16.2. The number of nitrogen functional groups attached to an aromatic ring is 2. The van der Waals surface area contributed by atoms with Gasteiger partial charge in [-0.1, -0.05) is 6.07 Å². The van der Waals surface area contributed by atoms with Gasteiger partial charge in [0, 0.05) is 29.4 Å². The monoisotopic (exact) mass is 340 g/mol. The lowest BCUT2D eigenvalue weighted by Gasteiger charge is -2.09. The number of nitrogens with one attached hydrogen (secondary N) is 1. The van der Waals surface area contributed by atoms with Gasteiger partial charge in [0.25, 0.3) is 0 Å². The van der Waals surface area contributed by atoms with Gasteiger partial charge in [0.05, 0.1) is 6.20 Å². The third kappa shape index (κ3) is 3.97. The van der Waals surface area contributed by atoms with Gasteiger partial charge in [0.1, 0.15) is 11.6 Å². The molecule has 6 N–H and O–H groups in total. The number of rotatable bonds is 7. The molecule has 0 unspecified atom stereocenters. The first-order chi connectivity index (χ1) is 12.0. The minimum Gasteiger partial charge on any atom is -0.481 e. The van der Waals surface area contributed by atoms with E-state index in [2.05, 4.69) is 15.4 Å². The number of aliphatic carboxylic acids is 1. The fourth-order valence-electron chi connectivity index (χ4n) is 2.63. The predicted molar refractivity (Wildman–Crippen MR) is 96.7 cm³/mol. The zero-order chi connectivity index (χ0) is 17.8. The number of aromatic nitrogens is 3. The van der Waals surface area contributed by atoms with Gasteiger partial charge in [0.2, 0.25) is 0 Å². The zero-order valence-electron chi connectivity index (χ0n) is 13.6. The standard InChI is InChI=1S/C17H20N6O2/c18-12-5-3-6-13(8-12)21-15-9-14(19)23-17(22-15)11(10-20-23)4-1-2-7-16(24)25/h3,5-6,8-10H,1-2,4,7,18-19H2,(H,21,22)(H,24,25). The predicted octanol–water partition coefficient (Wildman–Crippen LogP) is 2.43. The maximum absolute atomic E-state index is 10.6. The first-order valence-electron chi connectivity index (χ1n) is 8.00. The van der Waals surface area contributed by atoms with E-state index in [-0.39, 0.29) is 6.42 Å². The van der Waals surface area contributed by atoms with Crippen LogP contribution in [0.5, 0.6) is 0 Å². The lowest BCUT2D eigenvalue weighted by molar-refractivity contribution is -0.137. The van der Waals surface area contributed by atoms with E-state index >= 15 is 0 Å². The highest BCUT2D eigenvalue weighted by atomic mass is 16.4. The number of nitrogens with two attached hydrogens (primary N) is 2. The highest BCUT2D eigenvalue weighted by Gasteiger charge is 2.10. The Kier molecular flexibility index (Phi) is 4.69. The summed E-state index contributed by atoms with van der Waals surface area (Å²) in [5.41, 5.74) is 14.9. The Labute approximate surface area is 144 Å². The quantitative estimate of drug-likeness (QED) is 0.383. The smallest absolute Gasteiger partial charge is 0.303 e. The van der Waals surface area contributed by atoms with Crippen molar-refractivity contribution in [3.05, 3.63) is 42.1 Å². The second-order valence-corrected chi connectivity index (χ2v) is 5.82. The molecule has 0 aliphatic rings. The summed E-state index contributed by atoms with van der Waals surface area (Å²) >= 11 is 0. The molecule has 0 aliphatic carbocycles. The summed E-state index contributed by atoms with van der Waals surface area (Å²) < 4.78 is 1.58. The van der Waals surface area contributed by atoms with E-state index < -0.39 is 5.97 Å². The van der Waals surface area contributed by atoms with E-state index in [0.717, 1.165) is 17.7 Å². The van der Waals surface area contributed by atoms with Crippen LogP contribution in [0.4, 0.5) is 23.0 Å². The van der Waals surface area contributed by atoms with Gasteiger partial charge in [-0.15, -0.1) is 0 Å². The van der Waals surface area contributed by atoms with Crippen molar-refractivity contribution < 1.29 is 9.90 Å². The van der Waals surface area contributed by atoms with E-state index in [1.54, 1.807) is 16.8 Å². The molecule has 0 fully saturated rings. The molecule has 2 heterocycles. The topological polar surface area (TPSA) is 132 Å². The summed E-state index contributed by atoms with van der Waals surface area (Å²) in [5.74, 6) is 0.284. The second kappa shape index (κ2) is 7.08. The molecule has 130 valence electrons. The Hall–Kier alpha value is -3.29. The molecule has 0 saturated heterocycles. The number of carbonyl (C=O) groups is 1. The fourth-order valence-corrected chi connectivity index (χ4v) is 2.63. The summed E-state index contributed by atoms with van der Waals surface area (Å²) in [6.07, 6.45) is 3.96. The van der Waals surface area contributed by atoms with E-state index in [1.165, 1.54) is 0 Å². The normalized spacial score (nSPS) is 10.9. The van der Waals surface area contributed by atoms with Crippen LogP contribution in [0.25, 0.3) is 5.65 Å². The number of carboxylic acids is 1. The van der Waals surface area contributed by atoms with Crippen LogP contribution in [0.2, 0.25) is 0 Å². The van der Waals surface area contributed by atoms with Gasteiger partial charge in [0.15, 0.2) is 5.65 Å². The molecule has 8 heteroatoms. The van der Waals surface area contributed by atoms with Crippen LogP contribution in [0, 0.1) is 0 Å². The largest absolute Gasteiger partial charge is 0.481 e. The molecular formula is C17H20N6O2. The van der Waals surface area contributed by atoms with Crippen LogP contribution in [-0.2, 0) is 11.2 Å². The zero-order valence-corrected chi connectivity index (χ0v) is 13.6. The molecule has 2 aromatic heterocycles. The molecule has 0 spiro atoms. The van der Waals surface area contributed by atoms with Crippen LogP contribution >= 0.6 is 0 Å². The number of nitrogens with zero attached hydrogens (tertiary/aromatic N) is 3. The van der Waals surface area contributed by atoms with E-state index in [4.69, 9.17) is 16.6 Å². The summed E-state index contributed by atoms with van der Waals surface area (Å²) in [4.78, 5) is 15.2. The molecule has 1 aromatic carbocycles. The number of carboxylic acid groups (broad SMARTS) is 1. The van der Waals surface area contributed by atoms with Crippen molar-refractivity contribution in [2.45, 2.75) is 25.7 Å². The first-order valence-corrected chi connectivity index (χ1v) is 8.00. The van der Waals surface area contributed by atoms with Crippen LogP contribution in [0.15, 0.2) is 36.5 Å². The van der Waals surface area contributed by atoms with Crippen molar-refractivity contribution in [3.63, 3.8) is 0 Å². The molecule has 0 radical (unpaired) electrons. The molecule has 0 aliphatic heterocycles. The van der Waals surface area contributed by atoms with Crippen LogP contribution in [-0.4, -0.2) is 25.7 Å². The second-order valence-electron chi connectivity index (χ2n) is 5.82. The van der Waals surface area contributed by atoms with Crippen molar-refractivity contribution in [1.82, 2.24) is 14.6 Å². The van der Waals surface area contributed by atoms with E-state index in [9.17, 15) is 4.79 Å². The molecule has 0 bridgehead atoms. The van der Waals surface area contributed by atoms with Gasteiger partial charge in [-0.2, -0.15) is 9.61 Å². The molecule has 0 saturated carbocycles. The molecule has 3 aromatic rings. The van der Waals surface area contributed by atoms with Crippen molar-refractivity contribution >= 4 is 34.6 Å². The number of hydrogen-bond acceptors (Lipinski definition) is 6.